The molecule has 2 aromatic carbocycles. The zero-order valence-electron chi connectivity index (χ0n) is 13.5. The van der Waals surface area contributed by atoms with Gasteiger partial charge in [-0.2, -0.15) is 0 Å². The van der Waals surface area contributed by atoms with Crippen LogP contribution in [0, 0.1) is 0 Å². The summed E-state index contributed by atoms with van der Waals surface area (Å²) < 4.78 is 0. The van der Waals surface area contributed by atoms with Gasteiger partial charge in [0, 0.05) is 20.5 Å². The summed E-state index contributed by atoms with van der Waals surface area (Å²) in [7, 11) is -1.09. The van der Waals surface area contributed by atoms with Gasteiger partial charge in [-0.05, 0) is 57.0 Å². The minimum absolute atomic E-state index is 0.116. The van der Waals surface area contributed by atoms with Crippen LogP contribution in [-0.4, -0.2) is 5.25 Å². The van der Waals surface area contributed by atoms with Gasteiger partial charge in [-0.1, -0.05) is 68.5 Å². The van der Waals surface area contributed by atoms with E-state index >= 15 is 0 Å². The first-order valence-electron chi connectivity index (χ1n) is 8.17. The quantitative estimate of drug-likeness (QED) is 0.470. The minimum atomic E-state index is -1.09. The van der Waals surface area contributed by atoms with E-state index in [-0.39, 0.29) is 5.41 Å². The third-order valence-electron chi connectivity index (χ3n) is 5.24. The molecule has 2 heteroatoms. The van der Waals surface area contributed by atoms with E-state index in [9.17, 15) is 0 Å². The van der Waals surface area contributed by atoms with Crippen LogP contribution in [0.25, 0.3) is 0 Å². The monoisotopic (exact) mass is 432 g/mol. The average molecular weight is 432 g/mol. The van der Waals surface area contributed by atoms with Crippen LogP contribution in [0.4, 0.5) is 0 Å². The van der Waals surface area contributed by atoms with Crippen LogP contribution >= 0.6 is 28.4 Å². The van der Waals surface area contributed by atoms with Crippen LogP contribution in [0.15, 0.2) is 82.6 Å². The van der Waals surface area contributed by atoms with Gasteiger partial charge in [0.25, 0.3) is 0 Å². The molecule has 1 aliphatic carbocycles. The summed E-state index contributed by atoms with van der Waals surface area (Å²) in [4.78, 5) is 3.05. The van der Waals surface area contributed by atoms with Crippen LogP contribution in [0.1, 0.15) is 25.0 Å². The van der Waals surface area contributed by atoms with E-state index in [4.69, 9.17) is 0 Å². The highest BCUT2D eigenvalue weighted by Gasteiger charge is 2.53. The van der Waals surface area contributed by atoms with Crippen molar-refractivity contribution in [1.29, 1.82) is 0 Å². The van der Waals surface area contributed by atoms with E-state index in [0.717, 1.165) is 6.42 Å². The molecule has 0 aromatic heterocycles. The Morgan fingerprint density at radius 2 is 1.78 bits per heavy atom. The normalized spacial score (nSPS) is 33.8. The van der Waals surface area contributed by atoms with Crippen molar-refractivity contribution < 1.29 is 0 Å². The molecular weight excluding hydrogens is 411 g/mol. The van der Waals surface area contributed by atoms with Gasteiger partial charge in [-0.15, -0.1) is 7.20 Å². The number of aryl methyl sites for hydroxylation is 1. The second-order valence-electron chi connectivity index (χ2n) is 6.52. The largest absolute Gasteiger partial charge is 0.125 e. The molecule has 3 atom stereocenters. The predicted octanol–water partition coefficient (Wildman–Crippen LogP) is 6.59. The zero-order valence-corrected chi connectivity index (χ0v) is 16.5. The molecule has 0 saturated heterocycles. The van der Waals surface area contributed by atoms with E-state index < -0.39 is 7.20 Å². The molecule has 0 amide bonds. The third kappa shape index (κ3) is 2.11. The summed E-state index contributed by atoms with van der Waals surface area (Å²) in [6, 6.07) is 18.4. The molecular formula is C21H21IS. The summed E-state index contributed by atoms with van der Waals surface area (Å²) >= 11 is 2.79. The summed E-state index contributed by atoms with van der Waals surface area (Å²) in [5.74, 6) is 0. The molecule has 0 nitrogen and oxygen atoms in total. The van der Waals surface area contributed by atoms with Crippen molar-refractivity contribution in [3.63, 3.8) is 0 Å². The van der Waals surface area contributed by atoms with E-state index in [1.165, 1.54) is 16.0 Å². The summed E-state index contributed by atoms with van der Waals surface area (Å²) in [6.45, 7) is 4.63. The van der Waals surface area contributed by atoms with Crippen molar-refractivity contribution in [2.45, 2.75) is 40.7 Å². The zero-order chi connectivity index (χ0) is 16.1. The topological polar surface area (TPSA) is 0 Å². The second-order valence-corrected chi connectivity index (χ2v) is 13.3. The van der Waals surface area contributed by atoms with Gasteiger partial charge in [-0.25, -0.2) is 0 Å². The molecule has 0 fully saturated rings. The van der Waals surface area contributed by atoms with Gasteiger partial charge in [0.15, 0.2) is 0 Å². The Kier molecular flexibility index (Phi) is 3.73. The lowest BCUT2D eigenvalue weighted by atomic mass is 9.77. The molecule has 118 valence electrons. The Morgan fingerprint density at radius 1 is 1.04 bits per heavy atom. The van der Waals surface area contributed by atoms with Gasteiger partial charge in [0.1, 0.15) is 0 Å². The van der Waals surface area contributed by atoms with E-state index in [0.29, 0.717) is 5.25 Å². The van der Waals surface area contributed by atoms with Crippen molar-refractivity contribution >= 4 is 28.4 Å². The van der Waals surface area contributed by atoms with Gasteiger partial charge < -0.3 is 0 Å². The Bertz CT molecular complexity index is 805. The third-order valence-corrected chi connectivity index (χ3v) is 13.1. The molecule has 4 rings (SSSR count). The average Bonchev–Trinajstić information content (AvgIpc) is 2.81. The van der Waals surface area contributed by atoms with Gasteiger partial charge in [0.2, 0.25) is 0 Å². The number of rotatable bonds is 2. The number of benzene rings is 2. The Labute approximate surface area is 152 Å². The highest BCUT2D eigenvalue weighted by molar-refractivity contribution is 14.2. The van der Waals surface area contributed by atoms with Crippen molar-refractivity contribution in [2.24, 2.45) is 0 Å². The number of hydrogen-bond acceptors (Lipinski definition) is 0. The van der Waals surface area contributed by atoms with Crippen molar-refractivity contribution in [3.8, 4) is 0 Å². The molecule has 23 heavy (non-hydrogen) atoms. The van der Waals surface area contributed by atoms with Crippen LogP contribution in [0.2, 0.25) is 0 Å². The Hall–Kier alpha value is -1.00. The molecule has 0 radical (unpaired) electrons. The molecule has 0 N–H and O–H groups in total. The first-order valence-corrected chi connectivity index (χ1v) is 12.4. The number of hydrogen-bond donors (Lipinski definition) is 0. The van der Waals surface area contributed by atoms with Gasteiger partial charge >= 0.3 is 0 Å². The Morgan fingerprint density at radius 3 is 2.52 bits per heavy atom. The van der Waals surface area contributed by atoms with Crippen LogP contribution in [0.3, 0.4) is 0 Å². The lowest BCUT2D eigenvalue weighted by Crippen LogP contribution is -2.31. The number of allylic oxidation sites excluding steroid dienone is 3. The van der Waals surface area contributed by atoms with Crippen molar-refractivity contribution in [3.05, 3.63) is 84.0 Å². The van der Waals surface area contributed by atoms with Crippen molar-refractivity contribution in [2.75, 3.05) is 0 Å². The van der Waals surface area contributed by atoms with Gasteiger partial charge in [-0.3, -0.25) is 0 Å². The fraction of sp³-hybridized carbons (Fsp3) is 0.238. The second kappa shape index (κ2) is 5.52. The Balaban J connectivity index is 1.96. The van der Waals surface area contributed by atoms with Crippen LogP contribution in [-0.2, 0) is 11.8 Å². The molecule has 2 aliphatic rings. The lowest BCUT2D eigenvalue weighted by molar-refractivity contribution is 0.618. The standard InChI is InChI=1S/C21H21IS/c1-3-16-11-13-17(14-12-16)23(22)19-9-5-4-8-18(19)21(2)15-7-6-10-20(21)23/h4-15,20H,3H2,1-2H3. The molecule has 3 unspecified atom stereocenters. The highest BCUT2D eigenvalue weighted by atomic mass is 127. The maximum atomic E-state index is 2.79. The molecule has 1 heterocycles. The first kappa shape index (κ1) is 15.5. The summed E-state index contributed by atoms with van der Waals surface area (Å²) in [6.07, 6.45) is 10.4. The smallest absolute Gasteiger partial charge is 0.0365 e. The van der Waals surface area contributed by atoms with E-state index in [1.807, 2.05) is 0 Å². The molecule has 2 aromatic rings. The van der Waals surface area contributed by atoms with Crippen LogP contribution in [0.5, 0.6) is 0 Å². The molecule has 1 aliphatic heterocycles. The van der Waals surface area contributed by atoms with Crippen molar-refractivity contribution in [1.82, 2.24) is 0 Å². The fourth-order valence-electron chi connectivity index (χ4n) is 3.91. The molecule has 0 spiro atoms. The SMILES string of the molecule is CCc1ccc(S2(I)c3ccccc3C3(C)C=CC=CC32)cc1. The summed E-state index contributed by atoms with van der Waals surface area (Å²) in [5, 5.41) is 0.533. The van der Waals surface area contributed by atoms with Crippen LogP contribution < -0.4 is 0 Å². The maximum Gasteiger partial charge on any atom is 0.0365 e. The van der Waals surface area contributed by atoms with E-state index in [1.54, 1.807) is 4.90 Å². The minimum Gasteiger partial charge on any atom is -0.125 e. The highest BCUT2D eigenvalue weighted by Crippen LogP contribution is 2.81. The molecule has 0 bridgehead atoms. The first-order chi connectivity index (χ1) is 11.1. The number of fused-ring (bicyclic) bond motifs is 3. The molecule has 0 saturated carbocycles. The van der Waals surface area contributed by atoms with E-state index in [2.05, 4.69) is 108 Å². The lowest BCUT2D eigenvalue weighted by Gasteiger charge is -2.41. The fourth-order valence-corrected chi connectivity index (χ4v) is 11.5. The van der Waals surface area contributed by atoms with Gasteiger partial charge in [0.05, 0.1) is 0 Å². The predicted molar refractivity (Wildman–Crippen MR) is 110 cm³/mol. The maximum absolute atomic E-state index is 2.79. The summed E-state index contributed by atoms with van der Waals surface area (Å²) in [5.41, 5.74) is 3.04. The number of halogens is 1.